The lowest BCUT2D eigenvalue weighted by atomic mass is 10.0. The van der Waals surface area contributed by atoms with E-state index >= 15 is 0 Å². The van der Waals surface area contributed by atoms with E-state index in [4.69, 9.17) is 4.74 Å². The Balaban J connectivity index is 2.18. The Labute approximate surface area is 97.4 Å². The highest BCUT2D eigenvalue weighted by Gasteiger charge is 2.42. The zero-order valence-corrected chi connectivity index (χ0v) is 10.5. The van der Waals surface area contributed by atoms with Crippen molar-refractivity contribution < 1.29 is 9.53 Å². The van der Waals surface area contributed by atoms with E-state index in [0.717, 1.165) is 18.6 Å². The van der Waals surface area contributed by atoms with Gasteiger partial charge in [0.1, 0.15) is 0 Å². The average molecular weight is 231 g/mol. The molecule has 4 heteroatoms. The molecule has 0 saturated heterocycles. The third-order valence-corrected chi connectivity index (χ3v) is 3.48. The van der Waals surface area contributed by atoms with Gasteiger partial charge in [0.2, 0.25) is 5.91 Å². The fourth-order valence-electron chi connectivity index (χ4n) is 1.57. The van der Waals surface area contributed by atoms with E-state index in [1.165, 1.54) is 0 Å². The number of carbonyl (C=O) groups is 1. The molecule has 1 N–H and O–H groups in total. The van der Waals surface area contributed by atoms with Crippen LogP contribution in [0, 0.1) is 5.41 Å². The topological polar surface area (TPSA) is 38.3 Å². The second kappa shape index (κ2) is 5.75. The van der Waals surface area contributed by atoms with E-state index in [9.17, 15) is 4.79 Å². The monoisotopic (exact) mass is 231 g/mol. The van der Waals surface area contributed by atoms with E-state index in [2.05, 4.69) is 17.9 Å². The van der Waals surface area contributed by atoms with Crippen LogP contribution in [0.5, 0.6) is 0 Å². The van der Waals surface area contributed by atoms with Crippen LogP contribution < -0.4 is 5.32 Å². The van der Waals surface area contributed by atoms with Gasteiger partial charge in [0, 0.05) is 19.1 Å². The minimum absolute atomic E-state index is 0.105. The van der Waals surface area contributed by atoms with Crippen molar-refractivity contribution in [3.63, 3.8) is 0 Å². The van der Waals surface area contributed by atoms with Gasteiger partial charge in [-0.2, -0.15) is 12.6 Å². The predicted octanol–water partition coefficient (Wildman–Crippen LogP) is 1.63. The molecule has 88 valence electrons. The van der Waals surface area contributed by atoms with Crippen LogP contribution in [0.2, 0.25) is 0 Å². The number of thiol groups is 1. The molecule has 0 aliphatic heterocycles. The Morgan fingerprint density at radius 3 is 2.73 bits per heavy atom. The molecule has 0 aromatic heterocycles. The standard InChI is InChI=1S/C11H21NO2S/c1-3-14-7-9(2)12-10(13)6-11(8-15)4-5-11/h9,15H,3-8H2,1-2H3,(H,12,13). The maximum absolute atomic E-state index is 11.6. The summed E-state index contributed by atoms with van der Waals surface area (Å²) >= 11 is 4.28. The molecule has 1 atom stereocenters. The van der Waals surface area contributed by atoms with Crippen LogP contribution in [-0.4, -0.2) is 30.9 Å². The normalized spacial score (nSPS) is 19.7. The number of hydrogen-bond donors (Lipinski definition) is 2. The predicted molar refractivity (Wildman–Crippen MR) is 64.2 cm³/mol. The van der Waals surface area contributed by atoms with Crippen molar-refractivity contribution in [2.24, 2.45) is 5.41 Å². The lowest BCUT2D eigenvalue weighted by molar-refractivity contribution is -0.123. The van der Waals surface area contributed by atoms with E-state index in [1.807, 2.05) is 13.8 Å². The SMILES string of the molecule is CCOCC(C)NC(=O)CC1(CS)CC1. The molecule has 0 radical (unpaired) electrons. The number of carbonyl (C=O) groups excluding carboxylic acids is 1. The third-order valence-electron chi connectivity index (χ3n) is 2.81. The number of ether oxygens (including phenoxy) is 1. The summed E-state index contributed by atoms with van der Waals surface area (Å²) in [5, 5.41) is 2.95. The first-order valence-electron chi connectivity index (χ1n) is 5.60. The fourth-order valence-corrected chi connectivity index (χ4v) is 2.00. The van der Waals surface area contributed by atoms with Gasteiger partial charge in [-0.1, -0.05) is 0 Å². The van der Waals surface area contributed by atoms with Crippen molar-refractivity contribution in [3.8, 4) is 0 Å². The van der Waals surface area contributed by atoms with Crippen molar-refractivity contribution in [2.75, 3.05) is 19.0 Å². The van der Waals surface area contributed by atoms with Crippen LogP contribution in [0.25, 0.3) is 0 Å². The summed E-state index contributed by atoms with van der Waals surface area (Å²) in [4.78, 5) is 11.6. The average Bonchev–Trinajstić information content (AvgIpc) is 2.95. The molecular formula is C11H21NO2S. The first-order chi connectivity index (χ1) is 7.12. The molecule has 0 spiro atoms. The summed E-state index contributed by atoms with van der Waals surface area (Å²) in [7, 11) is 0. The van der Waals surface area contributed by atoms with Gasteiger partial charge in [0.05, 0.1) is 6.61 Å². The Hall–Kier alpha value is -0.220. The van der Waals surface area contributed by atoms with Gasteiger partial charge in [-0.05, 0) is 37.9 Å². The van der Waals surface area contributed by atoms with Crippen molar-refractivity contribution in [3.05, 3.63) is 0 Å². The molecule has 3 nitrogen and oxygen atoms in total. The van der Waals surface area contributed by atoms with Gasteiger partial charge < -0.3 is 10.1 Å². The first kappa shape index (κ1) is 12.8. The number of amides is 1. The smallest absolute Gasteiger partial charge is 0.220 e. The second-order valence-corrected chi connectivity index (χ2v) is 4.78. The zero-order chi connectivity index (χ0) is 11.3. The molecule has 1 fully saturated rings. The van der Waals surface area contributed by atoms with Crippen molar-refractivity contribution in [1.82, 2.24) is 5.32 Å². The minimum atomic E-state index is 0.105. The molecule has 1 aliphatic carbocycles. The molecule has 1 rings (SSSR count). The summed E-state index contributed by atoms with van der Waals surface area (Å²) in [5.41, 5.74) is 0.207. The lowest BCUT2D eigenvalue weighted by Crippen LogP contribution is -2.37. The number of nitrogens with one attached hydrogen (secondary N) is 1. The molecule has 1 unspecified atom stereocenters. The number of rotatable bonds is 7. The van der Waals surface area contributed by atoms with E-state index in [-0.39, 0.29) is 17.4 Å². The van der Waals surface area contributed by atoms with Gasteiger partial charge in [0.15, 0.2) is 0 Å². The lowest BCUT2D eigenvalue weighted by Gasteiger charge is -2.16. The van der Waals surface area contributed by atoms with Crippen LogP contribution in [0.4, 0.5) is 0 Å². The minimum Gasteiger partial charge on any atom is -0.380 e. The molecular weight excluding hydrogens is 210 g/mol. The van der Waals surface area contributed by atoms with Crippen LogP contribution >= 0.6 is 12.6 Å². The number of hydrogen-bond acceptors (Lipinski definition) is 3. The van der Waals surface area contributed by atoms with Gasteiger partial charge in [-0.25, -0.2) is 0 Å². The summed E-state index contributed by atoms with van der Waals surface area (Å²) in [6, 6.07) is 0.105. The summed E-state index contributed by atoms with van der Waals surface area (Å²) in [6.07, 6.45) is 2.90. The maximum Gasteiger partial charge on any atom is 0.220 e. The fraction of sp³-hybridized carbons (Fsp3) is 0.909. The van der Waals surface area contributed by atoms with Gasteiger partial charge in [-0.15, -0.1) is 0 Å². The first-order valence-corrected chi connectivity index (χ1v) is 6.23. The molecule has 15 heavy (non-hydrogen) atoms. The van der Waals surface area contributed by atoms with Crippen molar-refractivity contribution >= 4 is 18.5 Å². The molecule has 0 aromatic carbocycles. The highest BCUT2D eigenvalue weighted by molar-refractivity contribution is 7.80. The van der Waals surface area contributed by atoms with Crippen LogP contribution in [0.3, 0.4) is 0 Å². The summed E-state index contributed by atoms with van der Waals surface area (Å²) < 4.78 is 5.24. The molecule has 0 aromatic rings. The Morgan fingerprint density at radius 1 is 1.60 bits per heavy atom. The van der Waals surface area contributed by atoms with E-state index < -0.39 is 0 Å². The highest BCUT2D eigenvalue weighted by atomic mass is 32.1. The Morgan fingerprint density at radius 2 is 2.27 bits per heavy atom. The molecule has 0 heterocycles. The summed E-state index contributed by atoms with van der Waals surface area (Å²) in [6.45, 7) is 5.21. The molecule has 1 aliphatic rings. The van der Waals surface area contributed by atoms with E-state index in [1.54, 1.807) is 0 Å². The van der Waals surface area contributed by atoms with Gasteiger partial charge in [-0.3, -0.25) is 4.79 Å². The maximum atomic E-state index is 11.6. The molecule has 1 amide bonds. The van der Waals surface area contributed by atoms with Crippen molar-refractivity contribution in [2.45, 2.75) is 39.2 Å². The molecule has 1 saturated carbocycles. The van der Waals surface area contributed by atoms with Crippen LogP contribution in [-0.2, 0) is 9.53 Å². The van der Waals surface area contributed by atoms with Crippen molar-refractivity contribution in [1.29, 1.82) is 0 Å². The molecule has 0 bridgehead atoms. The van der Waals surface area contributed by atoms with Gasteiger partial charge in [0.25, 0.3) is 0 Å². The van der Waals surface area contributed by atoms with Crippen LogP contribution in [0.1, 0.15) is 33.1 Å². The highest BCUT2D eigenvalue weighted by Crippen LogP contribution is 2.49. The largest absolute Gasteiger partial charge is 0.380 e. The van der Waals surface area contributed by atoms with Crippen LogP contribution in [0.15, 0.2) is 0 Å². The quantitative estimate of drug-likeness (QED) is 0.654. The van der Waals surface area contributed by atoms with E-state index in [0.29, 0.717) is 19.6 Å². The van der Waals surface area contributed by atoms with Gasteiger partial charge >= 0.3 is 0 Å². The second-order valence-electron chi connectivity index (χ2n) is 4.46. The zero-order valence-electron chi connectivity index (χ0n) is 9.58. The third kappa shape index (κ3) is 4.43. The Bertz CT molecular complexity index is 217. The summed E-state index contributed by atoms with van der Waals surface area (Å²) in [5.74, 6) is 0.953. The Kier molecular flexibility index (Phi) is 4.93.